The number of hydrogen-bond acceptors (Lipinski definition) is 3. The van der Waals surface area contributed by atoms with Crippen LogP contribution in [0.5, 0.6) is 0 Å². The maximum atomic E-state index is 13.0. The Labute approximate surface area is 202 Å². The summed E-state index contributed by atoms with van der Waals surface area (Å²) in [5.74, 6) is 1.93. The molecule has 0 atom stereocenters. The molecule has 0 bridgehead atoms. The largest absolute Gasteiger partial charge is 0.357 e. The van der Waals surface area contributed by atoms with Gasteiger partial charge in [0.2, 0.25) is 5.91 Å². The van der Waals surface area contributed by atoms with Gasteiger partial charge in [-0.3, -0.25) is 9.79 Å². The van der Waals surface area contributed by atoms with Crippen LogP contribution in [0.2, 0.25) is 0 Å². The molecule has 0 unspecified atom stereocenters. The number of piperidine rings is 1. The van der Waals surface area contributed by atoms with E-state index in [4.69, 9.17) is 0 Å². The minimum atomic E-state index is -0.210. The number of aliphatic imine (C=N–C) groups is 1. The quantitative estimate of drug-likeness (QED) is 0.156. The lowest BCUT2D eigenvalue weighted by molar-refractivity contribution is -0.136. The van der Waals surface area contributed by atoms with Gasteiger partial charge in [-0.2, -0.15) is 0 Å². The van der Waals surface area contributed by atoms with E-state index in [1.807, 2.05) is 4.90 Å². The molecule has 5 nitrogen and oxygen atoms in total. The molecule has 1 aromatic rings. The molecule has 0 radical (unpaired) electrons. The Morgan fingerprint density at radius 3 is 2.40 bits per heavy atom. The normalized spacial score (nSPS) is 15.1. The highest BCUT2D eigenvalue weighted by atomic mass is 127. The third-order valence-corrected chi connectivity index (χ3v) is 6.26. The summed E-state index contributed by atoms with van der Waals surface area (Å²) in [6.07, 6.45) is 3.72. The van der Waals surface area contributed by atoms with Crippen LogP contribution < -0.4 is 10.6 Å². The van der Waals surface area contributed by atoms with Gasteiger partial charge in [0.25, 0.3) is 0 Å². The van der Waals surface area contributed by atoms with Gasteiger partial charge >= 0.3 is 0 Å². The van der Waals surface area contributed by atoms with Crippen molar-refractivity contribution in [3.63, 3.8) is 0 Å². The Morgan fingerprint density at radius 1 is 1.20 bits per heavy atom. The van der Waals surface area contributed by atoms with Gasteiger partial charge in [-0.15, -0.1) is 35.7 Å². The van der Waals surface area contributed by atoms with Crippen LogP contribution in [-0.2, 0) is 4.79 Å². The molecule has 1 aromatic carbocycles. The number of hydrogen-bond donors (Lipinski definition) is 2. The summed E-state index contributed by atoms with van der Waals surface area (Å²) in [5.41, 5.74) is 0. The van der Waals surface area contributed by atoms with Gasteiger partial charge in [0, 0.05) is 42.2 Å². The van der Waals surface area contributed by atoms with Crippen LogP contribution in [0.15, 0.2) is 34.2 Å². The molecule has 0 aromatic heterocycles. The summed E-state index contributed by atoms with van der Waals surface area (Å²) in [7, 11) is 0. The minimum Gasteiger partial charge on any atom is -0.357 e. The molecule has 1 aliphatic heterocycles. The molecule has 30 heavy (non-hydrogen) atoms. The van der Waals surface area contributed by atoms with Gasteiger partial charge in [-0.25, -0.2) is 4.39 Å². The lowest BCUT2D eigenvalue weighted by Gasteiger charge is -2.34. The zero-order chi connectivity index (χ0) is 21.1. The first-order valence-corrected chi connectivity index (χ1v) is 11.8. The SMILES string of the molecule is CCNC(=NCCSc1ccc(F)cc1)NC1CCN(C(=O)C(CC)CC)CC1.I. The van der Waals surface area contributed by atoms with Crippen LogP contribution in [0.3, 0.4) is 0 Å². The summed E-state index contributed by atoms with van der Waals surface area (Å²) in [5, 5.41) is 6.83. The average Bonchev–Trinajstić information content (AvgIpc) is 2.74. The average molecular weight is 551 g/mol. The minimum absolute atomic E-state index is 0. The van der Waals surface area contributed by atoms with E-state index in [0.29, 0.717) is 18.5 Å². The van der Waals surface area contributed by atoms with E-state index in [2.05, 4.69) is 36.4 Å². The Balaban J connectivity index is 0.00000450. The fraction of sp³-hybridized carbons (Fsp3) is 0.636. The predicted octanol–water partition coefficient (Wildman–Crippen LogP) is 4.52. The van der Waals surface area contributed by atoms with Crippen molar-refractivity contribution in [1.29, 1.82) is 0 Å². The smallest absolute Gasteiger partial charge is 0.225 e. The van der Waals surface area contributed by atoms with Crippen LogP contribution in [0.25, 0.3) is 0 Å². The molecule has 2 rings (SSSR count). The third kappa shape index (κ3) is 8.99. The maximum Gasteiger partial charge on any atom is 0.225 e. The molecule has 0 aliphatic carbocycles. The van der Waals surface area contributed by atoms with Crippen LogP contribution in [0.4, 0.5) is 4.39 Å². The molecule has 1 saturated heterocycles. The number of carbonyl (C=O) groups is 1. The van der Waals surface area contributed by atoms with Gasteiger partial charge in [0.15, 0.2) is 5.96 Å². The number of amides is 1. The third-order valence-electron chi connectivity index (χ3n) is 5.27. The Hall–Kier alpha value is -1.03. The van der Waals surface area contributed by atoms with Gasteiger partial charge in [-0.1, -0.05) is 13.8 Å². The molecule has 1 aliphatic rings. The van der Waals surface area contributed by atoms with E-state index in [-0.39, 0.29) is 35.7 Å². The predicted molar refractivity (Wildman–Crippen MR) is 135 cm³/mol. The molecule has 2 N–H and O–H groups in total. The summed E-state index contributed by atoms with van der Waals surface area (Å²) in [6, 6.07) is 6.89. The molecular weight excluding hydrogens is 514 g/mol. The highest BCUT2D eigenvalue weighted by molar-refractivity contribution is 14.0. The van der Waals surface area contributed by atoms with Crippen molar-refractivity contribution >= 4 is 47.6 Å². The number of rotatable bonds is 9. The van der Waals surface area contributed by atoms with Crippen LogP contribution in [0, 0.1) is 11.7 Å². The number of likely N-dealkylation sites (tertiary alicyclic amines) is 1. The zero-order valence-electron chi connectivity index (χ0n) is 18.3. The second-order valence-corrected chi connectivity index (χ2v) is 8.49. The zero-order valence-corrected chi connectivity index (χ0v) is 21.5. The molecule has 0 saturated carbocycles. The monoisotopic (exact) mass is 550 g/mol. The number of thioether (sulfide) groups is 1. The summed E-state index contributed by atoms with van der Waals surface area (Å²) < 4.78 is 13.0. The number of guanidine groups is 1. The fourth-order valence-electron chi connectivity index (χ4n) is 3.51. The Morgan fingerprint density at radius 2 is 1.83 bits per heavy atom. The van der Waals surface area contributed by atoms with Gasteiger partial charge in [0.05, 0.1) is 6.54 Å². The number of nitrogens with zero attached hydrogens (tertiary/aromatic N) is 2. The summed E-state index contributed by atoms with van der Waals surface area (Å²) >= 11 is 1.67. The second-order valence-electron chi connectivity index (χ2n) is 7.32. The van der Waals surface area contributed by atoms with E-state index >= 15 is 0 Å². The molecule has 0 spiro atoms. The number of nitrogens with one attached hydrogen (secondary N) is 2. The van der Waals surface area contributed by atoms with E-state index in [1.54, 1.807) is 23.9 Å². The van der Waals surface area contributed by atoms with E-state index < -0.39 is 0 Å². The molecule has 1 heterocycles. The Bertz CT molecular complexity index is 647. The molecule has 8 heteroatoms. The van der Waals surface area contributed by atoms with Crippen molar-refractivity contribution in [2.24, 2.45) is 10.9 Å². The molecule has 1 fully saturated rings. The first kappa shape index (κ1) is 27.0. The standard InChI is InChI=1S/C22H35FN4OS.HI/c1-4-17(5-2)21(28)27-14-11-19(12-15-27)26-22(24-6-3)25-13-16-29-20-9-7-18(23)8-10-20;/h7-10,17,19H,4-6,11-16H2,1-3H3,(H2,24,25,26);1H. The van der Waals surface area contributed by atoms with Crippen LogP contribution >= 0.6 is 35.7 Å². The molecule has 1 amide bonds. The van der Waals surface area contributed by atoms with Crippen LogP contribution in [0.1, 0.15) is 46.5 Å². The van der Waals surface area contributed by atoms with Crippen molar-refractivity contribution in [3.05, 3.63) is 30.1 Å². The summed E-state index contributed by atoms with van der Waals surface area (Å²) in [6.45, 7) is 9.36. The topological polar surface area (TPSA) is 56.7 Å². The highest BCUT2D eigenvalue weighted by Crippen LogP contribution is 2.18. The lowest BCUT2D eigenvalue weighted by Crippen LogP contribution is -2.50. The highest BCUT2D eigenvalue weighted by Gasteiger charge is 2.26. The van der Waals surface area contributed by atoms with Crippen LogP contribution in [-0.4, -0.2) is 54.7 Å². The van der Waals surface area contributed by atoms with Crippen molar-refractivity contribution in [2.45, 2.75) is 57.4 Å². The van der Waals surface area contributed by atoms with Crippen molar-refractivity contribution in [1.82, 2.24) is 15.5 Å². The number of benzene rings is 1. The van der Waals surface area contributed by atoms with Crippen molar-refractivity contribution in [2.75, 3.05) is 31.9 Å². The van der Waals surface area contributed by atoms with Gasteiger partial charge in [-0.05, 0) is 56.9 Å². The first-order chi connectivity index (χ1) is 14.1. The first-order valence-electron chi connectivity index (χ1n) is 10.8. The molecular formula is C22H36FIN4OS. The van der Waals surface area contributed by atoms with Gasteiger partial charge in [0.1, 0.15) is 5.82 Å². The van der Waals surface area contributed by atoms with E-state index in [1.165, 1.54) is 12.1 Å². The lowest BCUT2D eigenvalue weighted by atomic mass is 9.98. The van der Waals surface area contributed by atoms with Crippen molar-refractivity contribution < 1.29 is 9.18 Å². The fourth-order valence-corrected chi connectivity index (χ4v) is 4.25. The van der Waals surface area contributed by atoms with Gasteiger partial charge < -0.3 is 15.5 Å². The Kier molecular flexibility index (Phi) is 13.4. The van der Waals surface area contributed by atoms with E-state index in [0.717, 1.165) is 61.9 Å². The molecule has 170 valence electrons. The summed E-state index contributed by atoms with van der Waals surface area (Å²) in [4.78, 5) is 20.3. The van der Waals surface area contributed by atoms with Crippen molar-refractivity contribution in [3.8, 4) is 0 Å². The van der Waals surface area contributed by atoms with E-state index in [9.17, 15) is 9.18 Å². The number of halogens is 2. The number of carbonyl (C=O) groups excluding carboxylic acids is 1. The maximum absolute atomic E-state index is 13.0. The second kappa shape index (κ2) is 14.9.